The van der Waals surface area contributed by atoms with Crippen molar-refractivity contribution < 1.29 is 84.4 Å². The van der Waals surface area contributed by atoms with Crippen LogP contribution in [0.25, 0.3) is 6.08 Å². The molecule has 0 bridgehead atoms. The molecule has 0 saturated carbocycles. The Morgan fingerprint density at radius 1 is 0.689 bits per heavy atom. The Bertz CT molecular complexity index is 1710. The predicted molar refractivity (Wildman–Crippen MR) is 213 cm³/mol. The smallest absolute Gasteiger partial charge is 0.333 e. The van der Waals surface area contributed by atoms with Crippen LogP contribution in [-0.4, -0.2) is 168 Å². The maximum Gasteiger partial charge on any atom is 0.333 e. The summed E-state index contributed by atoms with van der Waals surface area (Å²) in [6.07, 6.45) is -2.56. The molecule has 344 valence electrons. The Labute approximate surface area is 353 Å². The van der Waals surface area contributed by atoms with Gasteiger partial charge in [-0.05, 0) is 61.9 Å². The van der Waals surface area contributed by atoms with Crippen LogP contribution in [0, 0.1) is 11.6 Å². The number of hydrogen-bond acceptors (Lipinski definition) is 16. The number of sulfonamides is 1. The molecule has 2 rings (SSSR count). The van der Waals surface area contributed by atoms with Gasteiger partial charge in [0.2, 0.25) is 10.0 Å². The molecule has 0 spiro atoms. The maximum absolute atomic E-state index is 14.7. The number of rotatable bonds is 34. The second kappa shape index (κ2) is 30.8. The lowest BCUT2D eigenvalue weighted by molar-refractivity contribution is -0.146. The van der Waals surface area contributed by atoms with Crippen LogP contribution in [0.1, 0.15) is 19.4 Å². The normalized spacial score (nSPS) is 12.8. The highest BCUT2D eigenvalue weighted by Gasteiger charge is 2.29. The number of halogens is 2. The molecular formula is C39H57F2N3O16S. The third-order valence-electron chi connectivity index (χ3n) is 7.74. The number of aliphatic hydroxyl groups is 2. The molecule has 0 aliphatic heterocycles. The van der Waals surface area contributed by atoms with Gasteiger partial charge in [-0.3, -0.25) is 9.59 Å². The second-order valence-electron chi connectivity index (χ2n) is 12.5. The van der Waals surface area contributed by atoms with E-state index in [0.29, 0.717) is 39.6 Å². The largest absolute Gasteiger partial charge is 0.463 e. The van der Waals surface area contributed by atoms with Crippen LogP contribution in [0.2, 0.25) is 0 Å². The lowest BCUT2D eigenvalue weighted by Gasteiger charge is -2.17. The monoisotopic (exact) mass is 893 g/mol. The molecule has 22 heteroatoms. The average Bonchev–Trinajstić information content (AvgIpc) is 3.23. The molecule has 61 heavy (non-hydrogen) atoms. The molecule has 0 aliphatic carbocycles. The summed E-state index contributed by atoms with van der Waals surface area (Å²) in [6.45, 7) is 6.86. The molecule has 19 nitrogen and oxygen atoms in total. The zero-order chi connectivity index (χ0) is 44.9. The van der Waals surface area contributed by atoms with Crippen molar-refractivity contribution in [3.63, 3.8) is 0 Å². The van der Waals surface area contributed by atoms with Gasteiger partial charge in [0.1, 0.15) is 5.75 Å². The summed E-state index contributed by atoms with van der Waals surface area (Å²) in [5.41, 5.74) is 0.250. The quantitative estimate of drug-likeness (QED) is 0.0369. The van der Waals surface area contributed by atoms with Crippen LogP contribution < -0.4 is 20.1 Å². The van der Waals surface area contributed by atoms with Gasteiger partial charge in [0.15, 0.2) is 29.6 Å². The van der Waals surface area contributed by atoms with Crippen molar-refractivity contribution in [2.45, 2.75) is 31.0 Å². The number of amides is 2. The first-order valence-electron chi connectivity index (χ1n) is 19.3. The lowest BCUT2D eigenvalue weighted by Crippen LogP contribution is -2.50. The minimum atomic E-state index is -3.91. The topological polar surface area (TPSA) is 245 Å². The van der Waals surface area contributed by atoms with E-state index in [-0.39, 0.29) is 94.3 Å². The average molecular weight is 894 g/mol. The van der Waals surface area contributed by atoms with Crippen LogP contribution in [0.15, 0.2) is 46.9 Å². The van der Waals surface area contributed by atoms with Crippen molar-refractivity contribution in [2.75, 3.05) is 119 Å². The number of benzene rings is 2. The van der Waals surface area contributed by atoms with E-state index in [2.05, 4.69) is 15.4 Å². The van der Waals surface area contributed by atoms with Crippen molar-refractivity contribution in [3.05, 3.63) is 59.2 Å². The third-order valence-corrected chi connectivity index (χ3v) is 9.22. The van der Waals surface area contributed by atoms with Gasteiger partial charge in [-0.15, -0.1) is 0 Å². The van der Waals surface area contributed by atoms with E-state index in [1.165, 1.54) is 44.4 Å². The highest BCUT2D eigenvalue weighted by molar-refractivity contribution is 7.89. The highest BCUT2D eigenvalue weighted by Crippen LogP contribution is 2.30. The predicted octanol–water partition coefficient (Wildman–Crippen LogP) is 0.702. The molecule has 2 amide bonds. The van der Waals surface area contributed by atoms with Gasteiger partial charge in [-0.25, -0.2) is 26.7 Å². The number of esters is 1. The SMILES string of the molecule is CCOC(=O)/C(C)=C/c1cc(F)c(Oc2ccc(S(=O)(=O)NCCOCCOCCOCCOCCOCCOCCNC(=O)[C@H](O)[C@@H](O)C(=O)NCCOC)cc2)c(F)c1. The van der Waals surface area contributed by atoms with E-state index in [1.807, 2.05) is 0 Å². The molecule has 0 aromatic heterocycles. The molecule has 0 fully saturated rings. The molecule has 2 aromatic rings. The molecule has 0 unspecified atom stereocenters. The summed E-state index contributed by atoms with van der Waals surface area (Å²) >= 11 is 0. The molecule has 2 aromatic carbocycles. The van der Waals surface area contributed by atoms with Gasteiger partial charge >= 0.3 is 5.97 Å². The number of nitrogens with one attached hydrogen (secondary N) is 3. The number of hydrogen-bond donors (Lipinski definition) is 5. The van der Waals surface area contributed by atoms with E-state index in [0.717, 1.165) is 12.1 Å². The van der Waals surface area contributed by atoms with Crippen molar-refractivity contribution >= 4 is 33.9 Å². The zero-order valence-corrected chi connectivity index (χ0v) is 35.3. The number of aliphatic hydroxyl groups excluding tert-OH is 2. The summed E-state index contributed by atoms with van der Waals surface area (Å²) in [7, 11) is -2.47. The van der Waals surface area contributed by atoms with Crippen molar-refractivity contribution in [3.8, 4) is 11.5 Å². The molecule has 0 saturated heterocycles. The van der Waals surface area contributed by atoms with Gasteiger partial charge in [0.05, 0.1) is 97.4 Å². The van der Waals surface area contributed by atoms with Gasteiger partial charge in [0.25, 0.3) is 11.8 Å². The van der Waals surface area contributed by atoms with Gasteiger partial charge in [-0.1, -0.05) is 0 Å². The Kier molecular flexibility index (Phi) is 26.7. The first-order chi connectivity index (χ1) is 29.3. The van der Waals surface area contributed by atoms with Gasteiger partial charge in [-0.2, -0.15) is 0 Å². The number of carbonyl (C=O) groups excluding carboxylic acids is 3. The first kappa shape index (κ1) is 52.9. The van der Waals surface area contributed by atoms with E-state index in [4.69, 9.17) is 42.6 Å². The van der Waals surface area contributed by atoms with Crippen LogP contribution in [0.3, 0.4) is 0 Å². The summed E-state index contributed by atoms with van der Waals surface area (Å²) in [5.74, 6) is -5.15. The summed E-state index contributed by atoms with van der Waals surface area (Å²) < 4.78 is 104. The lowest BCUT2D eigenvalue weighted by atomic mass is 10.1. The molecule has 0 heterocycles. The van der Waals surface area contributed by atoms with E-state index >= 15 is 0 Å². The van der Waals surface area contributed by atoms with Gasteiger partial charge < -0.3 is 63.5 Å². The Morgan fingerprint density at radius 3 is 1.56 bits per heavy atom. The standard InChI is InChI=1S/C39H57F2N3O16S/c1-4-59-39(49)28(2)25-29-26-32(40)36(33(41)27-29)60-30-5-7-31(8-6-30)61(50,51)44-11-14-54-16-18-56-20-22-58-24-23-57-21-19-55-17-15-53-13-10-43-38(48)35(46)34(45)37(47)42-9-12-52-3/h5-8,25-27,34-35,44-46H,4,9-24H2,1-3H3,(H,42,47)(H,43,48)/b28-25+/t34-,35-/m1/s1. The van der Waals surface area contributed by atoms with Crippen molar-refractivity contribution in [1.82, 2.24) is 15.4 Å². The fraction of sp³-hybridized carbons (Fsp3) is 0.564. The Hall–Kier alpha value is -4.20. The summed E-state index contributed by atoms with van der Waals surface area (Å²) in [6, 6.07) is 6.96. The van der Waals surface area contributed by atoms with Crippen LogP contribution in [-0.2, 0) is 62.3 Å². The van der Waals surface area contributed by atoms with Crippen LogP contribution >= 0.6 is 0 Å². The number of carbonyl (C=O) groups is 3. The van der Waals surface area contributed by atoms with E-state index in [9.17, 15) is 41.8 Å². The van der Waals surface area contributed by atoms with Crippen LogP contribution in [0.4, 0.5) is 8.78 Å². The van der Waals surface area contributed by atoms with E-state index < -0.39 is 57.4 Å². The molecule has 0 aliphatic rings. The fourth-order valence-corrected chi connectivity index (χ4v) is 5.68. The molecule has 5 N–H and O–H groups in total. The minimum absolute atomic E-state index is 0.00458. The Balaban J connectivity index is 1.44. The van der Waals surface area contributed by atoms with E-state index in [1.54, 1.807) is 6.92 Å². The molecular weight excluding hydrogens is 836 g/mol. The van der Waals surface area contributed by atoms with Crippen molar-refractivity contribution in [2.24, 2.45) is 0 Å². The molecule has 2 atom stereocenters. The third kappa shape index (κ3) is 21.9. The zero-order valence-electron chi connectivity index (χ0n) is 34.5. The highest BCUT2D eigenvalue weighted by atomic mass is 32.2. The van der Waals surface area contributed by atoms with Crippen LogP contribution in [0.5, 0.6) is 11.5 Å². The minimum Gasteiger partial charge on any atom is -0.463 e. The second-order valence-corrected chi connectivity index (χ2v) is 14.2. The Morgan fingerprint density at radius 2 is 1.11 bits per heavy atom. The maximum atomic E-state index is 14.7. The summed E-state index contributed by atoms with van der Waals surface area (Å²) in [5, 5.41) is 24.2. The first-order valence-corrected chi connectivity index (χ1v) is 20.8. The fourth-order valence-electron chi connectivity index (χ4n) is 4.67. The van der Waals surface area contributed by atoms with Crippen molar-refractivity contribution in [1.29, 1.82) is 0 Å². The summed E-state index contributed by atoms with van der Waals surface area (Å²) in [4.78, 5) is 35.3. The number of methoxy groups -OCH3 is 1. The number of ether oxygens (including phenoxy) is 9. The molecule has 0 radical (unpaired) electrons. The van der Waals surface area contributed by atoms with Gasteiger partial charge in [0, 0.05) is 32.3 Å².